The number of aryl methyl sites for hydroxylation is 2. The lowest BCUT2D eigenvalue weighted by Crippen LogP contribution is -2.18. The third-order valence-electron chi connectivity index (χ3n) is 7.09. The lowest BCUT2D eigenvalue weighted by Gasteiger charge is -2.28. The maximum Gasteiger partial charge on any atom is 0.341 e. The van der Waals surface area contributed by atoms with Crippen LogP contribution in [0.4, 0.5) is 8.78 Å². The molecule has 0 amide bonds. The van der Waals surface area contributed by atoms with Crippen molar-refractivity contribution in [2.24, 2.45) is 11.8 Å². The Morgan fingerprint density at radius 1 is 0.939 bits per heavy atom. The molecule has 2 aromatic carbocycles. The maximum atomic E-state index is 14.7. The van der Waals surface area contributed by atoms with Gasteiger partial charge in [-0.15, -0.1) is 0 Å². The molecule has 1 fully saturated rings. The van der Waals surface area contributed by atoms with Gasteiger partial charge >= 0.3 is 5.97 Å². The number of carbonyl (C=O) groups excluding carboxylic acids is 1. The molecule has 1 atom stereocenters. The summed E-state index contributed by atoms with van der Waals surface area (Å²) in [5.41, 5.74) is 1.27. The molecule has 180 valence electrons. The highest BCUT2D eigenvalue weighted by atomic mass is 19.2. The summed E-state index contributed by atoms with van der Waals surface area (Å²) in [5, 5.41) is 0. The molecule has 0 heterocycles. The molecule has 1 aliphatic rings. The molecule has 0 bridgehead atoms. The first-order valence-electron chi connectivity index (χ1n) is 12.7. The average Bonchev–Trinajstić information content (AvgIpc) is 2.82. The lowest BCUT2D eigenvalue weighted by molar-refractivity contribution is 0.0314. The third kappa shape index (κ3) is 7.65. The zero-order chi connectivity index (χ0) is 23.6. The normalized spacial score (nSPS) is 19.3. The van der Waals surface area contributed by atoms with Gasteiger partial charge in [0.2, 0.25) is 0 Å². The summed E-state index contributed by atoms with van der Waals surface area (Å²) in [6.07, 6.45) is 10.9. The van der Waals surface area contributed by atoms with Gasteiger partial charge in [-0.05, 0) is 68.1 Å². The summed E-state index contributed by atoms with van der Waals surface area (Å²) in [5.74, 6) is -1.35. The van der Waals surface area contributed by atoms with E-state index in [1.54, 1.807) is 13.0 Å². The Morgan fingerprint density at radius 3 is 2.27 bits per heavy atom. The van der Waals surface area contributed by atoms with Gasteiger partial charge in [-0.3, -0.25) is 0 Å². The zero-order valence-corrected chi connectivity index (χ0v) is 20.1. The van der Waals surface area contributed by atoms with Crippen LogP contribution in [0.2, 0.25) is 0 Å². The average molecular weight is 457 g/mol. The number of esters is 1. The van der Waals surface area contributed by atoms with Gasteiger partial charge in [-0.1, -0.05) is 81.8 Å². The van der Waals surface area contributed by atoms with Gasteiger partial charge in [0.15, 0.2) is 11.6 Å². The minimum Gasteiger partial charge on any atom is -0.459 e. The maximum absolute atomic E-state index is 14.7. The molecule has 33 heavy (non-hydrogen) atoms. The molecular formula is C29H38F2O2. The van der Waals surface area contributed by atoms with Crippen molar-refractivity contribution < 1.29 is 18.3 Å². The predicted molar refractivity (Wildman–Crippen MR) is 129 cm³/mol. The summed E-state index contributed by atoms with van der Waals surface area (Å²) < 4.78 is 34.7. The molecule has 1 saturated carbocycles. The van der Waals surface area contributed by atoms with Crippen molar-refractivity contribution in [2.45, 2.75) is 90.6 Å². The van der Waals surface area contributed by atoms with Gasteiger partial charge in [0.1, 0.15) is 0 Å². The van der Waals surface area contributed by atoms with Crippen molar-refractivity contribution in [2.75, 3.05) is 0 Å². The van der Waals surface area contributed by atoms with Crippen LogP contribution in [-0.2, 0) is 17.6 Å². The molecule has 2 aromatic rings. The minimum atomic E-state index is -1.08. The molecule has 0 radical (unpaired) electrons. The lowest BCUT2D eigenvalue weighted by atomic mass is 9.78. The quantitative estimate of drug-likeness (QED) is 0.320. The van der Waals surface area contributed by atoms with Crippen LogP contribution in [0.25, 0.3) is 0 Å². The number of halogens is 2. The fraction of sp³-hybridized carbons (Fsp3) is 0.552. The Labute approximate surface area is 197 Å². The standard InChI is InChI=1S/C29H38F2O2/c1-3-8-22-13-15-24(16-14-22)17-18-25-19-20-26(28(31)27(25)30)29(32)33-21(2)9-7-12-23-10-5-4-6-11-23/h4-6,10-11,19-22,24H,3,7-9,12-18H2,1-2H3/t21?,22-,24-. The van der Waals surface area contributed by atoms with Crippen molar-refractivity contribution in [3.05, 3.63) is 70.8 Å². The van der Waals surface area contributed by atoms with Crippen LogP contribution in [0.15, 0.2) is 42.5 Å². The fourth-order valence-electron chi connectivity index (χ4n) is 5.06. The van der Waals surface area contributed by atoms with Crippen molar-refractivity contribution in [1.82, 2.24) is 0 Å². The van der Waals surface area contributed by atoms with Gasteiger partial charge < -0.3 is 4.74 Å². The second-order valence-corrected chi connectivity index (χ2v) is 9.71. The van der Waals surface area contributed by atoms with E-state index in [1.807, 2.05) is 18.2 Å². The minimum absolute atomic E-state index is 0.314. The van der Waals surface area contributed by atoms with E-state index in [0.29, 0.717) is 24.3 Å². The number of hydrogen-bond donors (Lipinski definition) is 0. The molecule has 1 unspecified atom stereocenters. The molecule has 0 N–H and O–H groups in total. The van der Waals surface area contributed by atoms with Gasteiger partial charge in [-0.2, -0.15) is 0 Å². The summed E-state index contributed by atoms with van der Waals surface area (Å²) in [6.45, 7) is 4.02. The number of carbonyl (C=O) groups is 1. The second-order valence-electron chi connectivity index (χ2n) is 9.71. The Kier molecular flexibility index (Phi) is 9.90. The largest absolute Gasteiger partial charge is 0.459 e. The molecule has 4 heteroatoms. The third-order valence-corrected chi connectivity index (χ3v) is 7.09. The highest BCUT2D eigenvalue weighted by Crippen LogP contribution is 2.34. The van der Waals surface area contributed by atoms with Crippen molar-refractivity contribution in [3.8, 4) is 0 Å². The van der Waals surface area contributed by atoms with Crippen LogP contribution in [0.3, 0.4) is 0 Å². The van der Waals surface area contributed by atoms with Crippen LogP contribution in [0, 0.1) is 23.5 Å². The number of benzene rings is 2. The van der Waals surface area contributed by atoms with Crippen molar-refractivity contribution in [3.63, 3.8) is 0 Å². The van der Waals surface area contributed by atoms with Crippen LogP contribution in [0.1, 0.15) is 93.1 Å². The Morgan fingerprint density at radius 2 is 1.61 bits per heavy atom. The predicted octanol–water partition coefficient (Wildman–Crippen LogP) is 8.07. The summed E-state index contributed by atoms with van der Waals surface area (Å²) in [4.78, 5) is 12.4. The molecule has 0 aromatic heterocycles. The van der Waals surface area contributed by atoms with Gasteiger partial charge in [-0.25, -0.2) is 13.6 Å². The van der Waals surface area contributed by atoms with E-state index >= 15 is 0 Å². The van der Waals surface area contributed by atoms with Crippen LogP contribution >= 0.6 is 0 Å². The van der Waals surface area contributed by atoms with E-state index in [0.717, 1.165) is 25.2 Å². The van der Waals surface area contributed by atoms with Crippen LogP contribution < -0.4 is 0 Å². The molecule has 2 nitrogen and oxygen atoms in total. The topological polar surface area (TPSA) is 26.3 Å². The van der Waals surface area contributed by atoms with Crippen molar-refractivity contribution >= 4 is 5.97 Å². The van der Waals surface area contributed by atoms with E-state index in [1.165, 1.54) is 50.2 Å². The Bertz CT molecular complexity index is 873. The first kappa shape index (κ1) is 25.4. The number of rotatable bonds is 11. The van der Waals surface area contributed by atoms with Crippen LogP contribution in [0.5, 0.6) is 0 Å². The van der Waals surface area contributed by atoms with Gasteiger partial charge in [0.25, 0.3) is 0 Å². The van der Waals surface area contributed by atoms with E-state index in [4.69, 9.17) is 4.74 Å². The highest BCUT2D eigenvalue weighted by Gasteiger charge is 2.23. The Hall–Kier alpha value is -2.23. The SMILES string of the molecule is CCC[C@H]1CC[C@H](CCc2ccc(C(=O)OC(C)CCCc3ccccc3)c(F)c2F)CC1. The number of ether oxygens (including phenoxy) is 1. The zero-order valence-electron chi connectivity index (χ0n) is 20.1. The molecule has 1 aliphatic carbocycles. The first-order chi connectivity index (χ1) is 16.0. The van der Waals surface area contributed by atoms with E-state index in [-0.39, 0.29) is 11.7 Å². The van der Waals surface area contributed by atoms with E-state index in [2.05, 4.69) is 19.1 Å². The van der Waals surface area contributed by atoms with Crippen LogP contribution in [-0.4, -0.2) is 12.1 Å². The summed E-state index contributed by atoms with van der Waals surface area (Å²) in [7, 11) is 0. The molecular weight excluding hydrogens is 418 g/mol. The highest BCUT2D eigenvalue weighted by molar-refractivity contribution is 5.90. The first-order valence-corrected chi connectivity index (χ1v) is 12.7. The van der Waals surface area contributed by atoms with Crippen molar-refractivity contribution in [1.29, 1.82) is 0 Å². The van der Waals surface area contributed by atoms with E-state index < -0.39 is 17.6 Å². The molecule has 0 aliphatic heterocycles. The Balaban J connectivity index is 1.47. The number of hydrogen-bond acceptors (Lipinski definition) is 2. The fourth-order valence-corrected chi connectivity index (χ4v) is 5.06. The molecule has 0 spiro atoms. The van der Waals surface area contributed by atoms with E-state index in [9.17, 15) is 13.6 Å². The second kappa shape index (κ2) is 12.9. The molecule has 0 saturated heterocycles. The van der Waals surface area contributed by atoms with Gasteiger partial charge in [0, 0.05) is 0 Å². The van der Waals surface area contributed by atoms with Gasteiger partial charge in [0.05, 0.1) is 11.7 Å². The monoisotopic (exact) mass is 456 g/mol. The molecule has 3 rings (SSSR count). The summed E-state index contributed by atoms with van der Waals surface area (Å²) in [6, 6.07) is 13.0. The smallest absolute Gasteiger partial charge is 0.341 e. The summed E-state index contributed by atoms with van der Waals surface area (Å²) >= 11 is 0.